The van der Waals surface area contributed by atoms with Crippen molar-refractivity contribution in [2.24, 2.45) is 11.8 Å². The van der Waals surface area contributed by atoms with E-state index in [0.29, 0.717) is 17.5 Å². The zero-order chi connectivity index (χ0) is 16.3. The SMILES string of the molecule is CC1CCCC(NC(=O)Nc2ccc(S(C)(=O)=O)cc2)C1C. The quantitative estimate of drug-likeness (QED) is 0.897. The number of hydrogen-bond acceptors (Lipinski definition) is 3. The first-order valence-electron chi connectivity index (χ1n) is 7.65. The van der Waals surface area contributed by atoms with E-state index in [0.717, 1.165) is 19.1 Å². The predicted molar refractivity (Wildman–Crippen MR) is 87.7 cm³/mol. The predicted octanol–water partition coefficient (Wildman–Crippen LogP) is 3.04. The monoisotopic (exact) mass is 324 g/mol. The number of anilines is 1. The van der Waals surface area contributed by atoms with Gasteiger partial charge in [-0.1, -0.05) is 26.7 Å². The van der Waals surface area contributed by atoms with Crippen molar-refractivity contribution in [2.75, 3.05) is 11.6 Å². The van der Waals surface area contributed by atoms with Crippen LogP contribution in [0.25, 0.3) is 0 Å². The Balaban J connectivity index is 1.94. The third-order valence-electron chi connectivity index (χ3n) is 4.56. The lowest BCUT2D eigenvalue weighted by molar-refractivity contribution is 0.201. The van der Waals surface area contributed by atoms with Crippen molar-refractivity contribution in [2.45, 2.75) is 44.0 Å². The Kier molecular flexibility index (Phi) is 5.11. The van der Waals surface area contributed by atoms with Crippen LogP contribution in [0.5, 0.6) is 0 Å². The minimum atomic E-state index is -3.21. The zero-order valence-corrected chi connectivity index (χ0v) is 14.1. The number of amides is 2. The van der Waals surface area contributed by atoms with Gasteiger partial charge >= 0.3 is 6.03 Å². The summed E-state index contributed by atoms with van der Waals surface area (Å²) in [5.41, 5.74) is 0.585. The molecule has 0 bridgehead atoms. The molecule has 3 atom stereocenters. The van der Waals surface area contributed by atoms with Crippen LogP contribution in [0, 0.1) is 11.8 Å². The number of urea groups is 1. The Hall–Kier alpha value is -1.56. The second kappa shape index (κ2) is 6.69. The van der Waals surface area contributed by atoms with Gasteiger partial charge in [0, 0.05) is 18.0 Å². The van der Waals surface area contributed by atoms with Crippen molar-refractivity contribution in [1.29, 1.82) is 0 Å². The fourth-order valence-electron chi connectivity index (χ4n) is 2.91. The van der Waals surface area contributed by atoms with Gasteiger partial charge < -0.3 is 10.6 Å². The summed E-state index contributed by atoms with van der Waals surface area (Å²) in [6, 6.07) is 6.15. The number of nitrogens with one attached hydrogen (secondary N) is 2. The van der Waals surface area contributed by atoms with E-state index in [1.165, 1.54) is 18.6 Å². The summed E-state index contributed by atoms with van der Waals surface area (Å²) in [4.78, 5) is 12.3. The molecule has 0 heterocycles. The number of rotatable bonds is 3. The van der Waals surface area contributed by atoms with Gasteiger partial charge in [-0.2, -0.15) is 0 Å². The van der Waals surface area contributed by atoms with E-state index in [4.69, 9.17) is 0 Å². The van der Waals surface area contributed by atoms with Crippen molar-refractivity contribution in [3.8, 4) is 0 Å². The molecule has 22 heavy (non-hydrogen) atoms. The highest BCUT2D eigenvalue weighted by Crippen LogP contribution is 2.29. The molecule has 1 aliphatic carbocycles. The molecule has 0 radical (unpaired) electrons. The molecule has 2 N–H and O–H groups in total. The molecule has 0 saturated heterocycles. The largest absolute Gasteiger partial charge is 0.335 e. The molecule has 1 aliphatic rings. The third kappa shape index (κ3) is 4.22. The average molecular weight is 324 g/mol. The van der Waals surface area contributed by atoms with Crippen LogP contribution in [0.2, 0.25) is 0 Å². The molecule has 0 aliphatic heterocycles. The van der Waals surface area contributed by atoms with Crippen LogP contribution in [-0.2, 0) is 9.84 Å². The maximum Gasteiger partial charge on any atom is 0.319 e. The van der Waals surface area contributed by atoms with Gasteiger partial charge in [0.2, 0.25) is 0 Å². The van der Waals surface area contributed by atoms with E-state index in [-0.39, 0.29) is 17.0 Å². The molecule has 0 aromatic heterocycles. The summed E-state index contributed by atoms with van der Waals surface area (Å²) in [6.07, 6.45) is 4.52. The van der Waals surface area contributed by atoms with Crippen LogP contribution in [0.15, 0.2) is 29.2 Å². The van der Waals surface area contributed by atoms with Gasteiger partial charge in [0.25, 0.3) is 0 Å². The van der Waals surface area contributed by atoms with Crippen molar-refractivity contribution in [1.82, 2.24) is 5.32 Å². The van der Waals surface area contributed by atoms with Crippen molar-refractivity contribution >= 4 is 21.6 Å². The second-order valence-electron chi connectivity index (χ2n) is 6.27. The average Bonchev–Trinajstić information content (AvgIpc) is 2.43. The molecule has 1 saturated carbocycles. The van der Waals surface area contributed by atoms with E-state index in [1.54, 1.807) is 12.1 Å². The lowest BCUT2D eigenvalue weighted by Gasteiger charge is -2.34. The van der Waals surface area contributed by atoms with Gasteiger partial charge in [-0.3, -0.25) is 0 Å². The number of hydrogen-bond donors (Lipinski definition) is 2. The highest BCUT2D eigenvalue weighted by Gasteiger charge is 2.28. The van der Waals surface area contributed by atoms with Crippen molar-refractivity contribution in [3.05, 3.63) is 24.3 Å². The van der Waals surface area contributed by atoms with E-state index >= 15 is 0 Å². The number of carbonyl (C=O) groups is 1. The standard InChI is InChI=1S/C16H24N2O3S/c1-11-5-4-6-15(12(11)2)18-16(19)17-13-7-9-14(10-8-13)22(3,20)21/h7-12,15H,4-6H2,1-3H3,(H2,17,18,19). The van der Waals surface area contributed by atoms with Crippen molar-refractivity contribution in [3.63, 3.8) is 0 Å². The van der Waals surface area contributed by atoms with Crippen LogP contribution < -0.4 is 10.6 Å². The first-order valence-corrected chi connectivity index (χ1v) is 9.54. The van der Waals surface area contributed by atoms with Crippen LogP contribution in [-0.4, -0.2) is 26.7 Å². The maximum atomic E-state index is 12.1. The molecule has 1 aromatic rings. The summed E-state index contributed by atoms with van der Waals surface area (Å²) in [5, 5.41) is 5.78. The van der Waals surface area contributed by atoms with Gasteiger partial charge in [0.15, 0.2) is 9.84 Å². The molecule has 0 spiro atoms. The summed E-state index contributed by atoms with van der Waals surface area (Å²) in [5.74, 6) is 1.08. The summed E-state index contributed by atoms with van der Waals surface area (Å²) >= 11 is 0. The number of sulfone groups is 1. The summed E-state index contributed by atoms with van der Waals surface area (Å²) < 4.78 is 22.8. The summed E-state index contributed by atoms with van der Waals surface area (Å²) in [7, 11) is -3.21. The highest BCUT2D eigenvalue weighted by molar-refractivity contribution is 7.90. The Morgan fingerprint density at radius 1 is 1.14 bits per heavy atom. The molecule has 2 rings (SSSR count). The molecule has 1 aromatic carbocycles. The van der Waals surface area contributed by atoms with Crippen LogP contribution in [0.1, 0.15) is 33.1 Å². The summed E-state index contributed by atoms with van der Waals surface area (Å²) in [6.45, 7) is 4.40. The second-order valence-corrected chi connectivity index (χ2v) is 8.28. The van der Waals surface area contributed by atoms with E-state index in [2.05, 4.69) is 24.5 Å². The molecule has 3 unspecified atom stereocenters. The first kappa shape index (κ1) is 16.8. The number of benzene rings is 1. The van der Waals surface area contributed by atoms with Crippen LogP contribution >= 0.6 is 0 Å². The Morgan fingerprint density at radius 3 is 2.36 bits per heavy atom. The van der Waals surface area contributed by atoms with E-state index < -0.39 is 9.84 Å². The fourth-order valence-corrected chi connectivity index (χ4v) is 3.54. The molecule has 5 nitrogen and oxygen atoms in total. The Labute approximate surface area is 132 Å². The minimum absolute atomic E-state index is 0.194. The van der Waals surface area contributed by atoms with Gasteiger partial charge in [-0.15, -0.1) is 0 Å². The minimum Gasteiger partial charge on any atom is -0.335 e. The van der Waals surface area contributed by atoms with Gasteiger partial charge in [-0.05, 0) is 42.5 Å². The lowest BCUT2D eigenvalue weighted by Crippen LogP contribution is -2.45. The Bertz CT molecular complexity index is 625. The van der Waals surface area contributed by atoms with Crippen LogP contribution in [0.3, 0.4) is 0 Å². The number of carbonyl (C=O) groups excluding carboxylic acids is 1. The van der Waals surface area contributed by atoms with Gasteiger partial charge in [-0.25, -0.2) is 13.2 Å². The molecule has 2 amide bonds. The van der Waals surface area contributed by atoms with Crippen LogP contribution in [0.4, 0.5) is 10.5 Å². The molecular formula is C16H24N2O3S. The Morgan fingerprint density at radius 2 is 1.77 bits per heavy atom. The normalized spacial score (nSPS) is 25.5. The lowest BCUT2D eigenvalue weighted by atomic mass is 9.78. The van der Waals surface area contributed by atoms with Crippen molar-refractivity contribution < 1.29 is 13.2 Å². The molecule has 122 valence electrons. The zero-order valence-electron chi connectivity index (χ0n) is 13.3. The first-order chi connectivity index (χ1) is 10.3. The molecule has 1 fully saturated rings. The highest BCUT2D eigenvalue weighted by atomic mass is 32.2. The van der Waals surface area contributed by atoms with E-state index in [1.807, 2.05) is 0 Å². The molecule has 6 heteroatoms. The fraction of sp³-hybridized carbons (Fsp3) is 0.562. The van der Waals surface area contributed by atoms with Gasteiger partial charge in [0.1, 0.15) is 0 Å². The van der Waals surface area contributed by atoms with Gasteiger partial charge in [0.05, 0.1) is 4.90 Å². The smallest absolute Gasteiger partial charge is 0.319 e. The third-order valence-corrected chi connectivity index (χ3v) is 5.69. The van der Waals surface area contributed by atoms with E-state index in [9.17, 15) is 13.2 Å². The maximum absolute atomic E-state index is 12.1. The topological polar surface area (TPSA) is 75.3 Å². The molecular weight excluding hydrogens is 300 g/mol.